The molecule has 0 spiro atoms. The van der Waals surface area contributed by atoms with Crippen molar-refractivity contribution in [2.45, 2.75) is 11.8 Å². The van der Waals surface area contributed by atoms with Crippen molar-refractivity contribution in [1.29, 1.82) is 0 Å². The second-order valence-corrected chi connectivity index (χ2v) is 7.00. The van der Waals surface area contributed by atoms with Crippen molar-refractivity contribution in [3.05, 3.63) is 53.1 Å². The predicted octanol–water partition coefficient (Wildman–Crippen LogP) is 2.90. The second kappa shape index (κ2) is 7.65. The average molecular weight is 369 g/mol. The summed E-state index contributed by atoms with van der Waals surface area (Å²) < 4.78 is 32.0. The van der Waals surface area contributed by atoms with Gasteiger partial charge in [-0.05, 0) is 36.4 Å². The van der Waals surface area contributed by atoms with Gasteiger partial charge in [0.1, 0.15) is 10.6 Å². The number of benzene rings is 2. The summed E-state index contributed by atoms with van der Waals surface area (Å²) in [5.74, 6) is -0.289. The summed E-state index contributed by atoms with van der Waals surface area (Å²) in [5, 5.41) is 3.15. The van der Waals surface area contributed by atoms with Gasteiger partial charge in [0.15, 0.2) is 0 Å². The molecule has 2 rings (SSSR count). The van der Waals surface area contributed by atoms with Crippen molar-refractivity contribution in [3.63, 3.8) is 0 Å². The van der Waals surface area contributed by atoms with Gasteiger partial charge in [-0.1, -0.05) is 24.6 Å². The molecule has 0 aromatic heterocycles. The van der Waals surface area contributed by atoms with Crippen molar-refractivity contribution >= 4 is 33.2 Å². The highest BCUT2D eigenvalue weighted by atomic mass is 35.5. The van der Waals surface area contributed by atoms with E-state index in [-0.39, 0.29) is 22.8 Å². The Morgan fingerprint density at radius 3 is 2.58 bits per heavy atom. The standard InChI is InChI=1S/C16H17ClN2O4S/c1-3-18-24(21,22)15-9-11(7-8-14(15)23-2)16(20)19-13-6-4-5-12(17)10-13/h4-10,18H,3H2,1-2H3,(H,19,20). The highest BCUT2D eigenvalue weighted by Crippen LogP contribution is 2.25. The Kier molecular flexibility index (Phi) is 5.82. The van der Waals surface area contributed by atoms with Gasteiger partial charge < -0.3 is 10.1 Å². The number of hydrogen-bond acceptors (Lipinski definition) is 4. The monoisotopic (exact) mass is 368 g/mol. The van der Waals surface area contributed by atoms with E-state index in [4.69, 9.17) is 16.3 Å². The van der Waals surface area contributed by atoms with Crippen LogP contribution in [0.5, 0.6) is 5.75 Å². The number of rotatable bonds is 6. The van der Waals surface area contributed by atoms with Crippen LogP contribution in [0, 0.1) is 0 Å². The molecule has 2 aromatic carbocycles. The van der Waals surface area contributed by atoms with E-state index in [0.717, 1.165) is 0 Å². The molecule has 0 heterocycles. The van der Waals surface area contributed by atoms with Crippen molar-refractivity contribution in [3.8, 4) is 5.75 Å². The topological polar surface area (TPSA) is 84.5 Å². The summed E-state index contributed by atoms with van der Waals surface area (Å²) in [7, 11) is -2.40. The third-order valence-electron chi connectivity index (χ3n) is 3.13. The van der Waals surface area contributed by atoms with E-state index in [1.54, 1.807) is 31.2 Å². The molecule has 2 aromatic rings. The third-order valence-corrected chi connectivity index (χ3v) is 4.93. The molecule has 6 nitrogen and oxygen atoms in total. The maximum atomic E-state index is 12.4. The molecule has 0 aliphatic rings. The minimum Gasteiger partial charge on any atom is -0.495 e. The fourth-order valence-corrected chi connectivity index (χ4v) is 3.49. The first-order valence-electron chi connectivity index (χ1n) is 7.12. The number of carbonyl (C=O) groups is 1. The number of sulfonamides is 1. The number of anilines is 1. The molecule has 0 saturated carbocycles. The summed E-state index contributed by atoms with van der Waals surface area (Å²) in [5.41, 5.74) is 0.701. The van der Waals surface area contributed by atoms with Gasteiger partial charge in [-0.15, -0.1) is 0 Å². The van der Waals surface area contributed by atoms with Crippen molar-refractivity contribution in [2.75, 3.05) is 19.0 Å². The van der Waals surface area contributed by atoms with Gasteiger partial charge in [-0.25, -0.2) is 13.1 Å². The van der Waals surface area contributed by atoms with Crippen LogP contribution in [-0.4, -0.2) is 28.0 Å². The van der Waals surface area contributed by atoms with Gasteiger partial charge in [0.2, 0.25) is 10.0 Å². The largest absolute Gasteiger partial charge is 0.495 e. The molecule has 1 amide bonds. The molecular formula is C16H17ClN2O4S. The van der Waals surface area contributed by atoms with Gasteiger partial charge in [0, 0.05) is 22.8 Å². The molecule has 2 N–H and O–H groups in total. The summed E-state index contributed by atoms with van der Waals surface area (Å²) in [4.78, 5) is 12.3. The normalized spacial score (nSPS) is 11.1. The van der Waals surface area contributed by atoms with Crippen molar-refractivity contribution in [1.82, 2.24) is 4.72 Å². The van der Waals surface area contributed by atoms with Crippen LogP contribution in [0.2, 0.25) is 5.02 Å². The number of hydrogen-bond donors (Lipinski definition) is 2. The predicted molar refractivity (Wildman–Crippen MR) is 93.3 cm³/mol. The third kappa shape index (κ3) is 4.25. The average Bonchev–Trinajstić information content (AvgIpc) is 2.54. The lowest BCUT2D eigenvalue weighted by molar-refractivity contribution is 0.102. The molecule has 8 heteroatoms. The van der Waals surface area contributed by atoms with Crippen LogP contribution < -0.4 is 14.8 Å². The van der Waals surface area contributed by atoms with Crippen LogP contribution in [0.4, 0.5) is 5.69 Å². The van der Waals surface area contributed by atoms with E-state index in [2.05, 4.69) is 10.0 Å². The van der Waals surface area contributed by atoms with Gasteiger partial charge in [-0.2, -0.15) is 0 Å². The van der Waals surface area contributed by atoms with Crippen LogP contribution in [0.25, 0.3) is 0 Å². The van der Waals surface area contributed by atoms with Crippen LogP contribution in [0.1, 0.15) is 17.3 Å². The first kappa shape index (κ1) is 18.3. The van der Waals surface area contributed by atoms with Crippen LogP contribution in [-0.2, 0) is 10.0 Å². The molecule has 0 atom stereocenters. The molecule has 0 bridgehead atoms. The fraction of sp³-hybridized carbons (Fsp3) is 0.188. The minimum atomic E-state index is -3.76. The molecule has 0 unspecified atom stereocenters. The number of ether oxygens (including phenoxy) is 1. The highest BCUT2D eigenvalue weighted by Gasteiger charge is 2.21. The van der Waals surface area contributed by atoms with E-state index in [0.29, 0.717) is 10.7 Å². The van der Waals surface area contributed by atoms with Crippen molar-refractivity contribution < 1.29 is 17.9 Å². The fourth-order valence-electron chi connectivity index (χ4n) is 2.07. The maximum Gasteiger partial charge on any atom is 0.255 e. The Balaban J connectivity index is 2.36. The molecule has 128 valence electrons. The first-order valence-corrected chi connectivity index (χ1v) is 8.98. The Morgan fingerprint density at radius 1 is 1.21 bits per heavy atom. The van der Waals surface area contributed by atoms with Crippen LogP contribution in [0.3, 0.4) is 0 Å². The smallest absolute Gasteiger partial charge is 0.255 e. The van der Waals surface area contributed by atoms with Gasteiger partial charge in [0.25, 0.3) is 5.91 Å². The molecule has 0 aliphatic heterocycles. The number of nitrogens with one attached hydrogen (secondary N) is 2. The molecule has 0 radical (unpaired) electrons. The van der Waals surface area contributed by atoms with E-state index in [1.807, 2.05) is 0 Å². The summed E-state index contributed by atoms with van der Waals surface area (Å²) in [6, 6.07) is 10.9. The van der Waals surface area contributed by atoms with E-state index < -0.39 is 15.9 Å². The van der Waals surface area contributed by atoms with E-state index in [9.17, 15) is 13.2 Å². The Morgan fingerprint density at radius 2 is 1.96 bits per heavy atom. The Bertz CT molecular complexity index is 853. The van der Waals surface area contributed by atoms with Gasteiger partial charge in [-0.3, -0.25) is 4.79 Å². The maximum absolute atomic E-state index is 12.4. The quantitative estimate of drug-likeness (QED) is 0.821. The summed E-state index contributed by atoms with van der Waals surface area (Å²) >= 11 is 5.88. The number of methoxy groups -OCH3 is 1. The second-order valence-electron chi connectivity index (χ2n) is 4.83. The number of carbonyl (C=O) groups excluding carboxylic acids is 1. The lowest BCUT2D eigenvalue weighted by Crippen LogP contribution is -2.24. The van der Waals surface area contributed by atoms with E-state index >= 15 is 0 Å². The molecule has 24 heavy (non-hydrogen) atoms. The zero-order valence-electron chi connectivity index (χ0n) is 13.2. The SMILES string of the molecule is CCNS(=O)(=O)c1cc(C(=O)Nc2cccc(Cl)c2)ccc1OC. The van der Waals surface area contributed by atoms with Gasteiger partial charge in [0.05, 0.1) is 7.11 Å². The summed E-state index contributed by atoms with van der Waals surface area (Å²) in [6.45, 7) is 1.89. The Labute approximate surface area is 145 Å². The molecular weight excluding hydrogens is 352 g/mol. The molecule has 0 saturated heterocycles. The minimum absolute atomic E-state index is 0.0920. The number of amides is 1. The lowest BCUT2D eigenvalue weighted by Gasteiger charge is -2.12. The number of halogens is 1. The molecule has 0 fully saturated rings. The lowest BCUT2D eigenvalue weighted by atomic mass is 10.2. The summed E-state index contributed by atoms with van der Waals surface area (Å²) in [6.07, 6.45) is 0. The van der Waals surface area contributed by atoms with E-state index in [1.165, 1.54) is 25.3 Å². The zero-order chi connectivity index (χ0) is 17.7. The highest BCUT2D eigenvalue weighted by molar-refractivity contribution is 7.89. The van der Waals surface area contributed by atoms with Crippen LogP contribution in [0.15, 0.2) is 47.4 Å². The molecule has 0 aliphatic carbocycles. The Hall–Kier alpha value is -2.09. The van der Waals surface area contributed by atoms with Gasteiger partial charge >= 0.3 is 0 Å². The zero-order valence-corrected chi connectivity index (χ0v) is 14.7. The first-order chi connectivity index (χ1) is 11.4. The van der Waals surface area contributed by atoms with Crippen LogP contribution >= 0.6 is 11.6 Å². The van der Waals surface area contributed by atoms with Crippen molar-refractivity contribution in [2.24, 2.45) is 0 Å².